The molecule has 1 atom stereocenters. The van der Waals surface area contributed by atoms with E-state index in [1.165, 1.54) is 0 Å². The summed E-state index contributed by atoms with van der Waals surface area (Å²) in [5.41, 5.74) is 1.16. The second-order valence-electron chi connectivity index (χ2n) is 5.69. The second-order valence-corrected chi connectivity index (χ2v) is 5.69. The molecule has 1 amide bonds. The molecule has 0 spiro atoms. The molecule has 1 aliphatic rings. The van der Waals surface area contributed by atoms with Crippen molar-refractivity contribution in [2.75, 3.05) is 19.6 Å². The van der Waals surface area contributed by atoms with E-state index < -0.39 is 0 Å². The maximum Gasteiger partial charge on any atom is 0.216 e. The van der Waals surface area contributed by atoms with Gasteiger partial charge in [-0.05, 0) is 56.5 Å². The minimum atomic E-state index is 0.0561. The summed E-state index contributed by atoms with van der Waals surface area (Å²) in [5, 5.41) is 12.5. The first-order chi connectivity index (χ1) is 9.56. The first kappa shape index (κ1) is 14.9. The number of hydrogen-bond acceptors (Lipinski definition) is 3. The Morgan fingerprint density at radius 3 is 2.75 bits per heavy atom. The van der Waals surface area contributed by atoms with Crippen molar-refractivity contribution in [3.05, 3.63) is 29.8 Å². The Labute approximate surface area is 120 Å². The SMILES string of the molecule is CC(=O)NCC1CCN(C(C)c2cccc(O)c2)CC1. The van der Waals surface area contributed by atoms with Crippen LogP contribution in [0.4, 0.5) is 0 Å². The number of rotatable bonds is 4. The predicted octanol–water partition coefficient (Wildman–Crippen LogP) is 2.30. The molecule has 1 heterocycles. The largest absolute Gasteiger partial charge is 0.508 e. The smallest absolute Gasteiger partial charge is 0.216 e. The number of hydrogen-bond donors (Lipinski definition) is 2. The van der Waals surface area contributed by atoms with Gasteiger partial charge in [-0.15, -0.1) is 0 Å². The molecular formula is C16H24N2O2. The van der Waals surface area contributed by atoms with Crippen molar-refractivity contribution in [1.82, 2.24) is 10.2 Å². The normalized spacial score (nSPS) is 18.7. The fourth-order valence-electron chi connectivity index (χ4n) is 2.83. The van der Waals surface area contributed by atoms with Gasteiger partial charge in [-0.1, -0.05) is 12.1 Å². The fraction of sp³-hybridized carbons (Fsp3) is 0.562. The van der Waals surface area contributed by atoms with E-state index in [-0.39, 0.29) is 5.91 Å². The van der Waals surface area contributed by atoms with Gasteiger partial charge >= 0.3 is 0 Å². The van der Waals surface area contributed by atoms with Crippen LogP contribution >= 0.6 is 0 Å². The molecule has 1 saturated heterocycles. The third-order valence-corrected chi connectivity index (χ3v) is 4.19. The lowest BCUT2D eigenvalue weighted by Gasteiger charge is -2.36. The summed E-state index contributed by atoms with van der Waals surface area (Å²) in [7, 11) is 0. The first-order valence-corrected chi connectivity index (χ1v) is 7.33. The summed E-state index contributed by atoms with van der Waals surface area (Å²) in [5.74, 6) is 0.974. The van der Waals surface area contributed by atoms with Gasteiger partial charge in [-0.3, -0.25) is 9.69 Å². The van der Waals surface area contributed by atoms with Crippen LogP contribution < -0.4 is 5.32 Å². The molecule has 1 unspecified atom stereocenters. The predicted molar refractivity (Wildman–Crippen MR) is 79.5 cm³/mol. The highest BCUT2D eigenvalue weighted by Gasteiger charge is 2.23. The molecule has 1 aromatic carbocycles. The molecule has 20 heavy (non-hydrogen) atoms. The molecule has 2 N–H and O–H groups in total. The van der Waals surface area contributed by atoms with Crippen LogP contribution in [0.1, 0.15) is 38.3 Å². The van der Waals surface area contributed by atoms with Crippen LogP contribution in [0.2, 0.25) is 0 Å². The highest BCUT2D eigenvalue weighted by molar-refractivity contribution is 5.72. The van der Waals surface area contributed by atoms with Crippen LogP contribution in [-0.4, -0.2) is 35.5 Å². The minimum absolute atomic E-state index is 0.0561. The number of carbonyl (C=O) groups is 1. The Balaban J connectivity index is 1.85. The summed E-state index contributed by atoms with van der Waals surface area (Å²) >= 11 is 0. The number of nitrogens with one attached hydrogen (secondary N) is 1. The van der Waals surface area contributed by atoms with Crippen molar-refractivity contribution < 1.29 is 9.90 Å². The highest BCUT2D eigenvalue weighted by Crippen LogP contribution is 2.27. The van der Waals surface area contributed by atoms with Gasteiger partial charge in [0, 0.05) is 19.5 Å². The maximum absolute atomic E-state index is 10.9. The van der Waals surface area contributed by atoms with E-state index in [4.69, 9.17) is 0 Å². The fourth-order valence-corrected chi connectivity index (χ4v) is 2.83. The summed E-state index contributed by atoms with van der Waals surface area (Å²) in [6.07, 6.45) is 2.23. The van der Waals surface area contributed by atoms with Gasteiger partial charge in [0.25, 0.3) is 0 Å². The third-order valence-electron chi connectivity index (χ3n) is 4.19. The molecule has 0 saturated carbocycles. The molecule has 0 bridgehead atoms. The molecule has 4 nitrogen and oxygen atoms in total. The Hall–Kier alpha value is -1.55. The van der Waals surface area contributed by atoms with Gasteiger partial charge in [-0.25, -0.2) is 0 Å². The number of piperidine rings is 1. The number of benzene rings is 1. The Morgan fingerprint density at radius 2 is 2.15 bits per heavy atom. The molecule has 0 radical (unpaired) electrons. The summed E-state index contributed by atoms with van der Waals surface area (Å²) in [4.78, 5) is 13.4. The Morgan fingerprint density at radius 1 is 1.45 bits per heavy atom. The lowest BCUT2D eigenvalue weighted by Crippen LogP contribution is -2.39. The van der Waals surface area contributed by atoms with Gasteiger partial charge in [0.1, 0.15) is 5.75 Å². The van der Waals surface area contributed by atoms with E-state index in [2.05, 4.69) is 23.2 Å². The molecule has 1 aliphatic heterocycles. The topological polar surface area (TPSA) is 52.6 Å². The number of aromatic hydroxyl groups is 1. The van der Waals surface area contributed by atoms with Gasteiger partial charge < -0.3 is 10.4 Å². The average molecular weight is 276 g/mol. The average Bonchev–Trinajstić information content (AvgIpc) is 2.45. The lowest BCUT2D eigenvalue weighted by molar-refractivity contribution is -0.119. The summed E-state index contributed by atoms with van der Waals surface area (Å²) in [6.45, 7) is 6.63. The zero-order valence-corrected chi connectivity index (χ0v) is 12.3. The van der Waals surface area contributed by atoms with Crippen molar-refractivity contribution in [2.45, 2.75) is 32.7 Å². The van der Waals surface area contributed by atoms with Crippen LogP contribution in [0, 0.1) is 5.92 Å². The first-order valence-electron chi connectivity index (χ1n) is 7.33. The van der Waals surface area contributed by atoms with E-state index in [9.17, 15) is 9.90 Å². The van der Waals surface area contributed by atoms with Gasteiger partial charge in [-0.2, -0.15) is 0 Å². The number of nitrogens with zero attached hydrogens (tertiary/aromatic N) is 1. The van der Waals surface area contributed by atoms with E-state index in [0.717, 1.165) is 38.0 Å². The van der Waals surface area contributed by atoms with Crippen molar-refractivity contribution in [3.63, 3.8) is 0 Å². The van der Waals surface area contributed by atoms with E-state index >= 15 is 0 Å². The van der Waals surface area contributed by atoms with Crippen LogP contribution in [0.3, 0.4) is 0 Å². The number of likely N-dealkylation sites (tertiary alicyclic amines) is 1. The number of carbonyl (C=O) groups excluding carboxylic acids is 1. The van der Waals surface area contributed by atoms with Gasteiger partial charge in [0.15, 0.2) is 0 Å². The highest BCUT2D eigenvalue weighted by atomic mass is 16.3. The molecule has 1 aromatic rings. The van der Waals surface area contributed by atoms with Crippen LogP contribution in [0.25, 0.3) is 0 Å². The zero-order valence-electron chi connectivity index (χ0n) is 12.3. The maximum atomic E-state index is 10.9. The van der Waals surface area contributed by atoms with Crippen molar-refractivity contribution in [2.24, 2.45) is 5.92 Å². The molecular weight excluding hydrogens is 252 g/mol. The Kier molecular flexibility index (Phi) is 5.01. The number of phenols is 1. The van der Waals surface area contributed by atoms with Gasteiger partial charge in [0.2, 0.25) is 5.91 Å². The second kappa shape index (κ2) is 6.75. The molecule has 0 aliphatic carbocycles. The van der Waals surface area contributed by atoms with Crippen molar-refractivity contribution in [3.8, 4) is 5.75 Å². The van der Waals surface area contributed by atoms with Crippen molar-refractivity contribution in [1.29, 1.82) is 0 Å². The zero-order chi connectivity index (χ0) is 14.5. The molecule has 2 rings (SSSR count). The lowest BCUT2D eigenvalue weighted by atomic mass is 9.94. The standard InChI is InChI=1S/C16H24N2O2/c1-12(15-4-3-5-16(20)10-15)18-8-6-14(7-9-18)11-17-13(2)19/h3-5,10,12,14,20H,6-9,11H2,1-2H3,(H,17,19). The quantitative estimate of drug-likeness (QED) is 0.887. The van der Waals surface area contributed by atoms with Gasteiger partial charge in [0.05, 0.1) is 0 Å². The molecule has 1 fully saturated rings. The molecule has 0 aromatic heterocycles. The van der Waals surface area contributed by atoms with E-state index in [0.29, 0.717) is 17.7 Å². The van der Waals surface area contributed by atoms with Crippen LogP contribution in [0.5, 0.6) is 5.75 Å². The van der Waals surface area contributed by atoms with Crippen molar-refractivity contribution >= 4 is 5.91 Å². The monoisotopic (exact) mass is 276 g/mol. The Bertz CT molecular complexity index is 454. The van der Waals surface area contributed by atoms with E-state index in [1.54, 1.807) is 13.0 Å². The van der Waals surface area contributed by atoms with Crippen LogP contribution in [-0.2, 0) is 4.79 Å². The third kappa shape index (κ3) is 3.97. The van der Waals surface area contributed by atoms with Crippen LogP contribution in [0.15, 0.2) is 24.3 Å². The number of phenolic OH excluding ortho intramolecular Hbond substituents is 1. The minimum Gasteiger partial charge on any atom is -0.508 e. The molecule has 110 valence electrons. The van der Waals surface area contributed by atoms with E-state index in [1.807, 2.05) is 12.1 Å². The summed E-state index contributed by atoms with van der Waals surface area (Å²) < 4.78 is 0. The summed E-state index contributed by atoms with van der Waals surface area (Å²) in [6, 6.07) is 7.83. The molecule has 4 heteroatoms. The number of amides is 1.